The molecule has 0 bridgehead atoms. The van der Waals surface area contributed by atoms with Crippen LogP contribution in [0.2, 0.25) is 0 Å². The van der Waals surface area contributed by atoms with E-state index in [0.29, 0.717) is 6.42 Å². The summed E-state index contributed by atoms with van der Waals surface area (Å²) in [6.07, 6.45) is 14.3. The number of quaternary nitrogens is 1. The van der Waals surface area contributed by atoms with Crippen molar-refractivity contribution >= 4 is 10.1 Å². The van der Waals surface area contributed by atoms with Crippen LogP contribution in [0.5, 0.6) is 0 Å². The summed E-state index contributed by atoms with van der Waals surface area (Å²) in [6, 6.07) is 0. The highest BCUT2D eigenvalue weighted by Crippen LogP contribution is 2.10. The van der Waals surface area contributed by atoms with Crippen molar-refractivity contribution in [2.24, 2.45) is 0 Å². The molecule has 0 saturated heterocycles. The van der Waals surface area contributed by atoms with Crippen LogP contribution in [0.4, 0.5) is 0 Å². The second-order valence-electron chi connectivity index (χ2n) is 7.90. The third-order valence-corrected chi connectivity index (χ3v) is 5.71. The summed E-state index contributed by atoms with van der Waals surface area (Å²) in [6.45, 7) is 13.2. The van der Waals surface area contributed by atoms with Gasteiger partial charge >= 0.3 is 0 Å². The van der Waals surface area contributed by atoms with Gasteiger partial charge in [-0.3, -0.25) is 4.55 Å². The molecular weight excluding hydrogens is 346 g/mol. The molecule has 0 unspecified atom stereocenters. The minimum absolute atomic E-state index is 0.0842. The van der Waals surface area contributed by atoms with Crippen LogP contribution in [0.15, 0.2) is 0 Å². The van der Waals surface area contributed by atoms with Gasteiger partial charge in [-0.1, -0.05) is 79.1 Å². The molecule has 0 spiro atoms. The van der Waals surface area contributed by atoms with E-state index >= 15 is 0 Å². The van der Waals surface area contributed by atoms with E-state index in [9.17, 15) is 8.42 Å². The smallest absolute Gasteiger partial charge is 0.264 e. The zero-order chi connectivity index (χ0) is 20.3. The molecule has 0 rings (SSSR count). The summed E-state index contributed by atoms with van der Waals surface area (Å²) in [5, 5.41) is 0. The van der Waals surface area contributed by atoms with Crippen LogP contribution in [-0.2, 0) is 10.1 Å². The molecule has 0 heterocycles. The van der Waals surface area contributed by atoms with Crippen LogP contribution in [0, 0.1) is 0 Å². The van der Waals surface area contributed by atoms with Crippen LogP contribution in [0.3, 0.4) is 0 Å². The van der Waals surface area contributed by atoms with E-state index < -0.39 is 10.1 Å². The van der Waals surface area contributed by atoms with E-state index in [1.807, 2.05) is 0 Å². The lowest BCUT2D eigenvalue weighted by Gasteiger charge is -2.34. The third kappa shape index (κ3) is 21.9. The van der Waals surface area contributed by atoms with Gasteiger partial charge in [-0.2, -0.15) is 8.42 Å². The number of unbranched alkanes of at least 4 members (excludes halogenated alkanes) is 8. The van der Waals surface area contributed by atoms with Crippen LogP contribution in [0.1, 0.15) is 105 Å². The van der Waals surface area contributed by atoms with E-state index in [1.165, 1.54) is 81.9 Å². The first-order valence-corrected chi connectivity index (χ1v) is 12.6. The molecule has 26 heavy (non-hydrogen) atoms. The lowest BCUT2D eigenvalue weighted by Crippen LogP contribution is -2.46. The topological polar surface area (TPSA) is 54.4 Å². The Morgan fingerprint density at radius 1 is 0.615 bits per heavy atom. The molecule has 0 aliphatic carbocycles. The highest BCUT2D eigenvalue weighted by atomic mass is 32.2. The van der Waals surface area contributed by atoms with E-state index in [0.717, 1.165) is 12.8 Å². The van der Waals surface area contributed by atoms with Gasteiger partial charge in [0.1, 0.15) is 0 Å². The number of hydrogen-bond donors (Lipinski definition) is 1. The van der Waals surface area contributed by atoms with Crippen molar-refractivity contribution in [2.75, 3.05) is 32.4 Å². The maximum Gasteiger partial charge on any atom is 0.264 e. The molecule has 160 valence electrons. The molecule has 0 aliphatic rings. The number of nitrogens with zero attached hydrogens (tertiary/aromatic N) is 1. The molecule has 0 saturated carbocycles. The summed E-state index contributed by atoms with van der Waals surface area (Å²) in [4.78, 5) is 0. The summed E-state index contributed by atoms with van der Waals surface area (Å²) in [5.41, 5.74) is 0. The summed E-state index contributed by atoms with van der Waals surface area (Å²) in [7, 11) is -1.27. The fraction of sp³-hybridized carbons (Fsp3) is 1.00. The van der Waals surface area contributed by atoms with Gasteiger partial charge < -0.3 is 4.48 Å². The van der Waals surface area contributed by atoms with E-state index in [4.69, 9.17) is 4.55 Å². The second kappa shape index (κ2) is 18.2. The van der Waals surface area contributed by atoms with Gasteiger partial charge in [-0.05, 0) is 25.7 Å². The van der Waals surface area contributed by atoms with Crippen molar-refractivity contribution in [3.05, 3.63) is 0 Å². The molecule has 0 aliphatic heterocycles. The van der Waals surface area contributed by atoms with Crippen molar-refractivity contribution in [2.45, 2.75) is 105 Å². The molecule has 4 nitrogen and oxygen atoms in total. The zero-order valence-electron chi connectivity index (χ0n) is 18.4. The minimum atomic E-state index is -3.72. The summed E-state index contributed by atoms with van der Waals surface area (Å²) in [5.74, 6) is -0.0842. The molecule has 0 fully saturated rings. The SMILES string of the molecule is CCCCCCCCS(=O)(=O)O.CCCC[N+](C)(CCCC)CCCC. The Hall–Kier alpha value is -0.130. The normalized spacial score (nSPS) is 11.9. The Morgan fingerprint density at radius 2 is 0.962 bits per heavy atom. The van der Waals surface area contributed by atoms with Crippen molar-refractivity contribution in [3.63, 3.8) is 0 Å². The van der Waals surface area contributed by atoms with Gasteiger partial charge in [0.05, 0.1) is 32.4 Å². The van der Waals surface area contributed by atoms with E-state index in [-0.39, 0.29) is 5.75 Å². The number of hydrogen-bond acceptors (Lipinski definition) is 2. The fourth-order valence-electron chi connectivity index (χ4n) is 3.02. The fourth-order valence-corrected chi connectivity index (χ4v) is 3.59. The van der Waals surface area contributed by atoms with Gasteiger partial charge in [0.15, 0.2) is 0 Å². The first kappa shape index (κ1) is 28.1. The first-order valence-electron chi connectivity index (χ1n) is 11.0. The van der Waals surface area contributed by atoms with Crippen LogP contribution >= 0.6 is 0 Å². The molecular formula is C21H48NO3S+. The van der Waals surface area contributed by atoms with Crippen molar-refractivity contribution in [1.29, 1.82) is 0 Å². The average molecular weight is 395 g/mol. The number of rotatable bonds is 16. The van der Waals surface area contributed by atoms with Gasteiger partial charge in [-0.15, -0.1) is 0 Å². The summed E-state index contributed by atoms with van der Waals surface area (Å²) >= 11 is 0. The maximum atomic E-state index is 10.3. The molecule has 0 aromatic heterocycles. The Bertz CT molecular complexity index is 361. The largest absolute Gasteiger partial charge is 0.326 e. The third-order valence-electron chi connectivity index (χ3n) is 4.91. The zero-order valence-corrected chi connectivity index (χ0v) is 19.2. The molecule has 0 atom stereocenters. The standard InChI is InChI=1S/C13H30N.C8H18O3S/c1-5-8-11-14(4,12-9-6-2)13-10-7-3;1-2-3-4-5-6-7-8-12(9,10)11/h5-13H2,1-4H3;2-8H2,1H3,(H,9,10,11)/q+1;. The molecule has 0 amide bonds. The van der Waals surface area contributed by atoms with Crippen LogP contribution in [0.25, 0.3) is 0 Å². The monoisotopic (exact) mass is 394 g/mol. The summed E-state index contributed by atoms with van der Waals surface area (Å²) < 4.78 is 30.3. The lowest BCUT2D eigenvalue weighted by atomic mass is 10.1. The van der Waals surface area contributed by atoms with Gasteiger partial charge in [0, 0.05) is 0 Å². The highest BCUT2D eigenvalue weighted by Gasteiger charge is 2.18. The molecule has 5 heteroatoms. The average Bonchev–Trinajstić information content (AvgIpc) is 2.59. The second-order valence-corrected chi connectivity index (χ2v) is 9.48. The predicted molar refractivity (Wildman–Crippen MR) is 115 cm³/mol. The molecule has 1 N–H and O–H groups in total. The minimum Gasteiger partial charge on any atom is -0.326 e. The van der Waals surface area contributed by atoms with Crippen molar-refractivity contribution in [1.82, 2.24) is 0 Å². The molecule has 0 aromatic carbocycles. The predicted octanol–water partition coefficient (Wildman–Crippen LogP) is 6.07. The van der Waals surface area contributed by atoms with Gasteiger partial charge in [-0.25, -0.2) is 0 Å². The Balaban J connectivity index is 0. The van der Waals surface area contributed by atoms with Crippen LogP contribution < -0.4 is 0 Å². The quantitative estimate of drug-likeness (QED) is 0.196. The Labute approximate surface area is 165 Å². The van der Waals surface area contributed by atoms with Crippen molar-refractivity contribution < 1.29 is 17.5 Å². The van der Waals surface area contributed by atoms with Crippen molar-refractivity contribution in [3.8, 4) is 0 Å². The maximum absolute atomic E-state index is 10.3. The highest BCUT2D eigenvalue weighted by molar-refractivity contribution is 7.85. The molecule has 0 radical (unpaired) electrons. The van der Waals surface area contributed by atoms with E-state index in [2.05, 4.69) is 34.7 Å². The molecule has 0 aromatic rings. The van der Waals surface area contributed by atoms with Gasteiger partial charge in [0.2, 0.25) is 0 Å². The lowest BCUT2D eigenvalue weighted by molar-refractivity contribution is -0.910. The Kier molecular flexibility index (Phi) is 19.7. The van der Waals surface area contributed by atoms with E-state index in [1.54, 1.807) is 0 Å². The first-order chi connectivity index (χ1) is 12.2. The van der Waals surface area contributed by atoms with Crippen LogP contribution in [-0.4, -0.2) is 49.9 Å². The van der Waals surface area contributed by atoms with Gasteiger partial charge in [0.25, 0.3) is 10.1 Å². The Morgan fingerprint density at radius 3 is 1.31 bits per heavy atom.